The SMILES string of the molecule is CCOC(=O)C(C)(C)c1nc(-c2ccccc2)c(-c2ccc[n+]([O-])c2)o1. The Balaban J connectivity index is 2.17. The Morgan fingerprint density at radius 2 is 1.88 bits per heavy atom. The maximum Gasteiger partial charge on any atom is 0.320 e. The highest BCUT2D eigenvalue weighted by molar-refractivity contribution is 5.82. The number of rotatable bonds is 5. The maximum atomic E-state index is 12.3. The first-order valence-corrected chi connectivity index (χ1v) is 8.36. The summed E-state index contributed by atoms with van der Waals surface area (Å²) >= 11 is 0. The van der Waals surface area contributed by atoms with Gasteiger partial charge in [-0.05, 0) is 26.8 Å². The third kappa shape index (κ3) is 3.31. The summed E-state index contributed by atoms with van der Waals surface area (Å²) in [6.07, 6.45) is 2.81. The number of ether oxygens (including phenoxy) is 1. The highest BCUT2D eigenvalue weighted by Crippen LogP contribution is 2.36. The third-order valence-corrected chi connectivity index (χ3v) is 4.03. The molecule has 3 aromatic rings. The van der Waals surface area contributed by atoms with Gasteiger partial charge in [0.1, 0.15) is 11.1 Å². The summed E-state index contributed by atoms with van der Waals surface area (Å²) in [5.74, 6) is 0.263. The van der Waals surface area contributed by atoms with E-state index in [0.717, 1.165) is 5.56 Å². The Kier molecular flexibility index (Phi) is 4.75. The van der Waals surface area contributed by atoms with Gasteiger partial charge in [0.25, 0.3) is 0 Å². The van der Waals surface area contributed by atoms with Crippen molar-refractivity contribution in [2.24, 2.45) is 0 Å². The molecule has 2 heterocycles. The molecule has 6 nitrogen and oxygen atoms in total. The third-order valence-electron chi connectivity index (χ3n) is 4.03. The van der Waals surface area contributed by atoms with Gasteiger partial charge in [0.2, 0.25) is 5.89 Å². The molecular formula is C20H20N2O4. The van der Waals surface area contributed by atoms with Crippen LogP contribution in [0.3, 0.4) is 0 Å². The molecule has 0 saturated carbocycles. The van der Waals surface area contributed by atoms with Crippen LogP contribution in [-0.2, 0) is 14.9 Å². The van der Waals surface area contributed by atoms with E-state index >= 15 is 0 Å². The molecule has 0 N–H and O–H groups in total. The number of aromatic nitrogens is 2. The van der Waals surface area contributed by atoms with E-state index in [-0.39, 0.29) is 12.5 Å². The smallest absolute Gasteiger partial charge is 0.320 e. The van der Waals surface area contributed by atoms with Crippen molar-refractivity contribution in [2.45, 2.75) is 26.2 Å². The largest absolute Gasteiger partial charge is 0.619 e. The number of carbonyl (C=O) groups excluding carboxylic acids is 1. The van der Waals surface area contributed by atoms with E-state index in [1.165, 1.54) is 12.4 Å². The van der Waals surface area contributed by atoms with E-state index in [1.807, 2.05) is 30.3 Å². The molecular weight excluding hydrogens is 332 g/mol. The molecule has 0 fully saturated rings. The van der Waals surface area contributed by atoms with Crippen LogP contribution in [0.15, 0.2) is 59.3 Å². The van der Waals surface area contributed by atoms with E-state index in [0.29, 0.717) is 21.7 Å². The van der Waals surface area contributed by atoms with Crippen molar-refractivity contribution in [1.82, 2.24) is 4.98 Å². The van der Waals surface area contributed by atoms with Crippen molar-refractivity contribution in [3.05, 3.63) is 66.0 Å². The second-order valence-corrected chi connectivity index (χ2v) is 6.36. The summed E-state index contributed by atoms with van der Waals surface area (Å²) in [5, 5.41) is 11.7. The van der Waals surface area contributed by atoms with Crippen LogP contribution in [0.5, 0.6) is 0 Å². The van der Waals surface area contributed by atoms with Gasteiger partial charge in [-0.3, -0.25) is 4.79 Å². The van der Waals surface area contributed by atoms with Gasteiger partial charge in [-0.25, -0.2) is 4.98 Å². The minimum absolute atomic E-state index is 0.242. The molecule has 6 heteroatoms. The predicted octanol–water partition coefficient (Wildman–Crippen LogP) is 3.48. The molecule has 0 unspecified atom stereocenters. The molecule has 2 aromatic heterocycles. The fourth-order valence-electron chi connectivity index (χ4n) is 2.56. The average molecular weight is 352 g/mol. The van der Waals surface area contributed by atoms with Crippen LogP contribution in [0.2, 0.25) is 0 Å². The summed E-state index contributed by atoms with van der Waals surface area (Å²) < 4.78 is 11.8. The zero-order valence-electron chi connectivity index (χ0n) is 14.9. The Bertz CT molecular complexity index is 917. The van der Waals surface area contributed by atoms with Gasteiger partial charge in [0.05, 0.1) is 12.2 Å². The second kappa shape index (κ2) is 7.00. The number of nitrogens with zero attached hydrogens (tertiary/aromatic N) is 2. The van der Waals surface area contributed by atoms with Crippen LogP contribution in [0.25, 0.3) is 22.6 Å². The summed E-state index contributed by atoms with van der Waals surface area (Å²) in [7, 11) is 0. The summed E-state index contributed by atoms with van der Waals surface area (Å²) in [6, 6.07) is 12.9. The predicted molar refractivity (Wildman–Crippen MR) is 96.0 cm³/mol. The van der Waals surface area contributed by atoms with Crippen LogP contribution < -0.4 is 4.73 Å². The molecule has 3 rings (SSSR count). The topological polar surface area (TPSA) is 79.3 Å². The minimum Gasteiger partial charge on any atom is -0.619 e. The molecule has 0 saturated heterocycles. The zero-order chi connectivity index (χ0) is 18.7. The molecule has 0 amide bonds. The average Bonchev–Trinajstić information content (AvgIpc) is 3.09. The van der Waals surface area contributed by atoms with E-state index in [2.05, 4.69) is 4.98 Å². The van der Waals surface area contributed by atoms with Gasteiger partial charge in [-0.15, -0.1) is 0 Å². The molecule has 134 valence electrons. The van der Waals surface area contributed by atoms with Gasteiger partial charge in [0.15, 0.2) is 18.2 Å². The van der Waals surface area contributed by atoms with E-state index in [4.69, 9.17) is 9.15 Å². The van der Waals surface area contributed by atoms with Crippen molar-refractivity contribution in [1.29, 1.82) is 0 Å². The first-order chi connectivity index (χ1) is 12.4. The van der Waals surface area contributed by atoms with Gasteiger partial charge in [-0.2, -0.15) is 4.73 Å². The van der Waals surface area contributed by atoms with Crippen molar-refractivity contribution in [3.63, 3.8) is 0 Å². The van der Waals surface area contributed by atoms with Gasteiger partial charge in [0, 0.05) is 11.6 Å². The quantitative estimate of drug-likeness (QED) is 0.399. The second-order valence-electron chi connectivity index (χ2n) is 6.36. The van der Waals surface area contributed by atoms with Crippen molar-refractivity contribution in [2.75, 3.05) is 6.61 Å². The van der Waals surface area contributed by atoms with Crippen LogP contribution >= 0.6 is 0 Å². The molecule has 26 heavy (non-hydrogen) atoms. The molecule has 0 spiro atoms. The lowest BCUT2D eigenvalue weighted by Gasteiger charge is -2.18. The van der Waals surface area contributed by atoms with Gasteiger partial charge < -0.3 is 14.4 Å². The Labute approximate surface area is 151 Å². The van der Waals surface area contributed by atoms with Crippen molar-refractivity contribution >= 4 is 5.97 Å². The number of oxazole rings is 1. The molecule has 0 radical (unpaired) electrons. The lowest BCUT2D eigenvalue weighted by atomic mass is 9.94. The Morgan fingerprint density at radius 1 is 1.19 bits per heavy atom. The van der Waals surface area contributed by atoms with E-state index in [1.54, 1.807) is 32.9 Å². The van der Waals surface area contributed by atoms with Gasteiger partial charge >= 0.3 is 5.97 Å². The number of benzene rings is 1. The first kappa shape index (κ1) is 17.7. The van der Waals surface area contributed by atoms with Crippen LogP contribution in [0.4, 0.5) is 0 Å². The van der Waals surface area contributed by atoms with Crippen LogP contribution in [0, 0.1) is 5.21 Å². The number of hydrogen-bond donors (Lipinski definition) is 0. The highest BCUT2D eigenvalue weighted by atomic mass is 16.5. The molecule has 1 aromatic carbocycles. The molecule has 0 bridgehead atoms. The van der Waals surface area contributed by atoms with E-state index in [9.17, 15) is 10.0 Å². The Hall–Kier alpha value is -3.15. The van der Waals surface area contributed by atoms with Crippen LogP contribution in [-0.4, -0.2) is 17.6 Å². The normalized spacial score (nSPS) is 11.3. The van der Waals surface area contributed by atoms with Crippen molar-refractivity contribution in [3.8, 4) is 22.6 Å². The molecule has 0 aliphatic rings. The summed E-state index contributed by atoms with van der Waals surface area (Å²) in [4.78, 5) is 16.9. The zero-order valence-corrected chi connectivity index (χ0v) is 14.9. The highest BCUT2D eigenvalue weighted by Gasteiger charge is 2.38. The summed E-state index contributed by atoms with van der Waals surface area (Å²) in [5.41, 5.74) is 0.933. The molecule has 0 aliphatic carbocycles. The lowest BCUT2D eigenvalue weighted by molar-refractivity contribution is -0.604. The first-order valence-electron chi connectivity index (χ1n) is 8.36. The minimum atomic E-state index is -1.06. The molecule has 0 aliphatic heterocycles. The Morgan fingerprint density at radius 3 is 2.54 bits per heavy atom. The monoisotopic (exact) mass is 352 g/mol. The maximum absolute atomic E-state index is 12.3. The number of carbonyl (C=O) groups is 1. The number of pyridine rings is 1. The van der Waals surface area contributed by atoms with Crippen LogP contribution in [0.1, 0.15) is 26.7 Å². The van der Waals surface area contributed by atoms with Gasteiger partial charge in [-0.1, -0.05) is 30.3 Å². The lowest BCUT2D eigenvalue weighted by Crippen LogP contribution is -2.31. The van der Waals surface area contributed by atoms with Crippen molar-refractivity contribution < 1.29 is 18.7 Å². The number of esters is 1. The summed E-state index contributed by atoms with van der Waals surface area (Å²) in [6.45, 7) is 5.43. The fraction of sp³-hybridized carbons (Fsp3) is 0.250. The fourth-order valence-corrected chi connectivity index (χ4v) is 2.56. The standard InChI is InChI=1S/C20H20N2O4/c1-4-25-19(23)20(2,3)18-21-16(14-9-6-5-7-10-14)17(26-18)15-11-8-12-22(24)13-15/h5-13H,4H2,1-3H3. The van der Waals surface area contributed by atoms with E-state index < -0.39 is 11.4 Å². The molecule has 0 atom stereocenters. The number of hydrogen-bond acceptors (Lipinski definition) is 5.